The molecule has 1 aromatic rings. The summed E-state index contributed by atoms with van der Waals surface area (Å²) in [6.07, 6.45) is 0.0566. The molecule has 0 unspecified atom stereocenters. The zero-order chi connectivity index (χ0) is 11.4. The maximum atomic E-state index is 5.98. The highest BCUT2D eigenvalue weighted by molar-refractivity contribution is 6.37. The third-order valence-corrected chi connectivity index (χ3v) is 2.93. The maximum Gasteiger partial charge on any atom is 0.156 e. The van der Waals surface area contributed by atoms with Crippen LogP contribution >= 0.6 is 23.2 Å². The minimum Gasteiger partial charge on any atom is -0.488 e. The average Bonchev–Trinajstić information content (AvgIpc) is 2.30. The first kappa shape index (κ1) is 12.0. The van der Waals surface area contributed by atoms with Crippen LogP contribution in [0, 0.1) is 0 Å². The van der Waals surface area contributed by atoms with E-state index in [0.717, 1.165) is 13.1 Å². The van der Waals surface area contributed by atoms with Crippen LogP contribution in [0.3, 0.4) is 0 Å². The highest BCUT2D eigenvalue weighted by atomic mass is 35.5. The fourth-order valence-corrected chi connectivity index (χ4v) is 2.03. The van der Waals surface area contributed by atoms with Crippen LogP contribution in [0.2, 0.25) is 10.0 Å². The van der Waals surface area contributed by atoms with Gasteiger partial charge in [0.05, 0.1) is 16.7 Å². The molecule has 1 saturated heterocycles. The van der Waals surface area contributed by atoms with Gasteiger partial charge in [0.25, 0.3) is 0 Å². The predicted molar refractivity (Wildman–Crippen MR) is 64.6 cm³/mol. The minimum absolute atomic E-state index is 0.0566. The number of nitrogens with one attached hydrogen (secondary N) is 1. The summed E-state index contributed by atoms with van der Waals surface area (Å²) in [5.74, 6) is 0.528. The number of rotatable bonds is 3. The summed E-state index contributed by atoms with van der Waals surface area (Å²) in [7, 11) is 0. The van der Waals surface area contributed by atoms with Crippen molar-refractivity contribution in [2.75, 3.05) is 26.3 Å². The molecule has 88 valence electrons. The van der Waals surface area contributed by atoms with Gasteiger partial charge in [0.1, 0.15) is 12.7 Å². The Bertz CT molecular complexity index is 334. The van der Waals surface area contributed by atoms with E-state index < -0.39 is 0 Å². The normalized spacial score (nSPS) is 20.8. The van der Waals surface area contributed by atoms with Crippen LogP contribution in [-0.4, -0.2) is 32.4 Å². The molecular formula is C11H13Cl2NO2. The molecule has 1 aromatic carbocycles. The molecule has 5 heteroatoms. The third kappa shape index (κ3) is 3.01. The molecule has 0 amide bonds. The molecule has 1 N–H and O–H groups in total. The van der Waals surface area contributed by atoms with Gasteiger partial charge in [0.15, 0.2) is 5.75 Å². The Labute approximate surface area is 105 Å². The molecule has 0 aromatic heterocycles. The first-order chi connectivity index (χ1) is 7.77. The van der Waals surface area contributed by atoms with Gasteiger partial charge < -0.3 is 14.8 Å². The molecule has 0 aliphatic carbocycles. The fourth-order valence-electron chi connectivity index (χ4n) is 1.52. The molecule has 0 radical (unpaired) electrons. The van der Waals surface area contributed by atoms with E-state index in [1.165, 1.54) is 0 Å². The number of hydrogen-bond donors (Lipinski definition) is 1. The van der Waals surface area contributed by atoms with Gasteiger partial charge in [0, 0.05) is 13.1 Å². The Morgan fingerprint density at radius 3 is 2.75 bits per heavy atom. The highest BCUT2D eigenvalue weighted by Gasteiger charge is 2.15. The summed E-state index contributed by atoms with van der Waals surface area (Å²) in [6, 6.07) is 5.29. The van der Waals surface area contributed by atoms with E-state index >= 15 is 0 Å². The largest absolute Gasteiger partial charge is 0.488 e. The Morgan fingerprint density at radius 1 is 1.38 bits per heavy atom. The van der Waals surface area contributed by atoms with Gasteiger partial charge in [0.2, 0.25) is 0 Å². The molecular weight excluding hydrogens is 249 g/mol. The number of halogens is 2. The molecule has 1 heterocycles. The van der Waals surface area contributed by atoms with Crippen molar-refractivity contribution in [3.8, 4) is 5.75 Å². The van der Waals surface area contributed by atoms with Crippen molar-refractivity contribution in [1.29, 1.82) is 0 Å². The lowest BCUT2D eigenvalue weighted by atomic mass is 10.3. The lowest BCUT2D eigenvalue weighted by Gasteiger charge is -2.24. The van der Waals surface area contributed by atoms with Crippen molar-refractivity contribution in [2.24, 2.45) is 0 Å². The highest BCUT2D eigenvalue weighted by Crippen LogP contribution is 2.32. The van der Waals surface area contributed by atoms with Gasteiger partial charge in [-0.25, -0.2) is 0 Å². The molecule has 1 aliphatic heterocycles. The second-order valence-corrected chi connectivity index (χ2v) is 4.37. The van der Waals surface area contributed by atoms with Crippen molar-refractivity contribution in [2.45, 2.75) is 6.10 Å². The number of morpholine rings is 1. The van der Waals surface area contributed by atoms with E-state index in [-0.39, 0.29) is 6.10 Å². The van der Waals surface area contributed by atoms with E-state index in [0.29, 0.717) is 29.0 Å². The van der Waals surface area contributed by atoms with Crippen LogP contribution in [0.1, 0.15) is 0 Å². The van der Waals surface area contributed by atoms with E-state index in [1.807, 2.05) is 0 Å². The second-order valence-electron chi connectivity index (χ2n) is 3.56. The van der Waals surface area contributed by atoms with Crippen LogP contribution in [0.25, 0.3) is 0 Å². The minimum atomic E-state index is 0.0566. The molecule has 0 spiro atoms. The summed E-state index contributed by atoms with van der Waals surface area (Å²) in [5, 5.41) is 4.28. The van der Waals surface area contributed by atoms with Crippen molar-refractivity contribution in [1.82, 2.24) is 5.32 Å². The van der Waals surface area contributed by atoms with Crippen molar-refractivity contribution in [3.05, 3.63) is 28.2 Å². The molecule has 1 atom stereocenters. The summed E-state index contributed by atoms with van der Waals surface area (Å²) in [6.45, 7) is 2.85. The van der Waals surface area contributed by atoms with Crippen LogP contribution in [-0.2, 0) is 4.74 Å². The molecule has 3 nitrogen and oxygen atoms in total. The maximum absolute atomic E-state index is 5.98. The second kappa shape index (κ2) is 5.73. The van der Waals surface area contributed by atoms with Crippen LogP contribution < -0.4 is 10.1 Å². The first-order valence-electron chi connectivity index (χ1n) is 5.16. The lowest BCUT2D eigenvalue weighted by molar-refractivity contribution is 0.000240. The molecule has 1 aliphatic rings. The first-order valence-corrected chi connectivity index (χ1v) is 5.92. The summed E-state index contributed by atoms with van der Waals surface area (Å²) >= 11 is 12.0. The van der Waals surface area contributed by atoms with E-state index in [2.05, 4.69) is 5.32 Å². The zero-order valence-corrected chi connectivity index (χ0v) is 10.2. The summed E-state index contributed by atoms with van der Waals surface area (Å²) < 4.78 is 11.1. The SMILES string of the molecule is Clc1cccc(Cl)c1OC[C@@H]1CNCCO1. The summed E-state index contributed by atoms with van der Waals surface area (Å²) in [5.41, 5.74) is 0. The van der Waals surface area contributed by atoms with Gasteiger partial charge in [-0.15, -0.1) is 0 Å². The smallest absolute Gasteiger partial charge is 0.156 e. The van der Waals surface area contributed by atoms with Crippen molar-refractivity contribution < 1.29 is 9.47 Å². The van der Waals surface area contributed by atoms with Gasteiger partial charge in [-0.2, -0.15) is 0 Å². The van der Waals surface area contributed by atoms with E-state index in [9.17, 15) is 0 Å². The van der Waals surface area contributed by atoms with Gasteiger partial charge >= 0.3 is 0 Å². The van der Waals surface area contributed by atoms with Gasteiger partial charge in [-0.1, -0.05) is 29.3 Å². The molecule has 2 rings (SSSR count). The molecule has 0 bridgehead atoms. The fraction of sp³-hybridized carbons (Fsp3) is 0.455. The lowest BCUT2D eigenvalue weighted by Crippen LogP contribution is -2.41. The standard InChI is InChI=1S/C11H13Cl2NO2/c12-9-2-1-3-10(13)11(9)16-7-8-6-14-4-5-15-8/h1-3,8,14H,4-7H2/t8-/m0/s1. The van der Waals surface area contributed by atoms with E-state index in [4.69, 9.17) is 32.7 Å². The molecule has 0 saturated carbocycles. The summed E-state index contributed by atoms with van der Waals surface area (Å²) in [4.78, 5) is 0. The molecule has 16 heavy (non-hydrogen) atoms. The number of ether oxygens (including phenoxy) is 2. The third-order valence-electron chi connectivity index (χ3n) is 2.34. The van der Waals surface area contributed by atoms with Crippen molar-refractivity contribution in [3.63, 3.8) is 0 Å². The Hall–Kier alpha value is -0.480. The van der Waals surface area contributed by atoms with Crippen LogP contribution in [0.4, 0.5) is 0 Å². The molecule has 1 fully saturated rings. The Balaban J connectivity index is 1.93. The Morgan fingerprint density at radius 2 is 2.12 bits per heavy atom. The number of hydrogen-bond acceptors (Lipinski definition) is 3. The van der Waals surface area contributed by atoms with Crippen molar-refractivity contribution >= 4 is 23.2 Å². The van der Waals surface area contributed by atoms with E-state index in [1.54, 1.807) is 18.2 Å². The number of benzene rings is 1. The van der Waals surface area contributed by atoms with Crippen LogP contribution in [0.15, 0.2) is 18.2 Å². The quantitative estimate of drug-likeness (QED) is 0.907. The van der Waals surface area contributed by atoms with Gasteiger partial charge in [-0.3, -0.25) is 0 Å². The van der Waals surface area contributed by atoms with Crippen LogP contribution in [0.5, 0.6) is 5.75 Å². The van der Waals surface area contributed by atoms with Gasteiger partial charge in [-0.05, 0) is 12.1 Å². The topological polar surface area (TPSA) is 30.5 Å². The average molecular weight is 262 g/mol. The monoisotopic (exact) mass is 261 g/mol. The predicted octanol–water partition coefficient (Wildman–Crippen LogP) is 2.36. The zero-order valence-electron chi connectivity index (χ0n) is 8.71. The Kier molecular flexibility index (Phi) is 4.29. The number of para-hydroxylation sites is 1.